The molecule has 1 heterocycles. The lowest BCUT2D eigenvalue weighted by Gasteiger charge is -2.21. The lowest BCUT2D eigenvalue weighted by atomic mass is 10.1. The first-order valence-electron chi connectivity index (χ1n) is 6.90. The Morgan fingerprint density at radius 1 is 1.24 bits per heavy atom. The second-order valence-corrected chi connectivity index (χ2v) is 6.01. The number of aryl methyl sites for hydroxylation is 1. The van der Waals surface area contributed by atoms with Crippen LogP contribution in [-0.2, 0) is 6.42 Å². The topological polar surface area (TPSA) is 25.2 Å². The van der Waals surface area contributed by atoms with Gasteiger partial charge >= 0.3 is 0 Å². The molecule has 114 valence electrons. The normalized spacial score (nSPS) is 14.1. The molecule has 2 aromatic rings. The van der Waals surface area contributed by atoms with Crippen molar-refractivity contribution < 1.29 is 8.81 Å². The van der Waals surface area contributed by atoms with Crippen molar-refractivity contribution in [3.63, 3.8) is 0 Å². The second-order valence-electron chi connectivity index (χ2n) is 5.20. The fourth-order valence-corrected chi connectivity index (χ4v) is 2.83. The summed E-state index contributed by atoms with van der Waals surface area (Å²) in [7, 11) is 0. The Morgan fingerprint density at radius 3 is 2.67 bits per heavy atom. The molecule has 2 rings (SSSR count). The predicted molar refractivity (Wildman–Crippen MR) is 84.5 cm³/mol. The lowest BCUT2D eigenvalue weighted by Crippen LogP contribution is -2.29. The standard InChI is InChI=1S/C16H18Cl2FNO/c1-10(5-6-12-4-3-7-21-12)20-11(2)13-8-16(19)15(18)9-14(13)17/h3-4,7-11,20H,5-6H2,1-2H3. The van der Waals surface area contributed by atoms with Gasteiger partial charge in [0.05, 0.1) is 11.3 Å². The molecule has 2 atom stereocenters. The van der Waals surface area contributed by atoms with E-state index in [0.717, 1.165) is 18.6 Å². The van der Waals surface area contributed by atoms with Crippen molar-refractivity contribution in [2.75, 3.05) is 0 Å². The first-order valence-corrected chi connectivity index (χ1v) is 7.66. The van der Waals surface area contributed by atoms with E-state index in [1.54, 1.807) is 6.26 Å². The fraction of sp³-hybridized carbons (Fsp3) is 0.375. The van der Waals surface area contributed by atoms with Crippen molar-refractivity contribution in [2.24, 2.45) is 0 Å². The number of halogens is 3. The molecule has 0 aliphatic heterocycles. The van der Waals surface area contributed by atoms with E-state index in [2.05, 4.69) is 12.2 Å². The summed E-state index contributed by atoms with van der Waals surface area (Å²) in [5.41, 5.74) is 0.711. The molecule has 0 spiro atoms. The smallest absolute Gasteiger partial charge is 0.142 e. The van der Waals surface area contributed by atoms with Gasteiger partial charge in [-0.1, -0.05) is 23.2 Å². The van der Waals surface area contributed by atoms with Crippen LogP contribution in [0.4, 0.5) is 4.39 Å². The molecule has 0 saturated heterocycles. The molecule has 1 aromatic heterocycles. The highest BCUT2D eigenvalue weighted by Crippen LogP contribution is 2.29. The van der Waals surface area contributed by atoms with Gasteiger partial charge < -0.3 is 9.73 Å². The van der Waals surface area contributed by atoms with Crippen LogP contribution < -0.4 is 5.32 Å². The van der Waals surface area contributed by atoms with Gasteiger partial charge in [0.15, 0.2) is 0 Å². The van der Waals surface area contributed by atoms with E-state index < -0.39 is 5.82 Å². The highest BCUT2D eigenvalue weighted by molar-refractivity contribution is 6.35. The Labute approximate surface area is 134 Å². The van der Waals surface area contributed by atoms with E-state index >= 15 is 0 Å². The summed E-state index contributed by atoms with van der Waals surface area (Å²) in [4.78, 5) is 0. The van der Waals surface area contributed by atoms with Crippen molar-refractivity contribution >= 4 is 23.2 Å². The molecule has 2 nitrogen and oxygen atoms in total. The van der Waals surface area contributed by atoms with E-state index in [0.29, 0.717) is 10.6 Å². The number of hydrogen-bond donors (Lipinski definition) is 1. The summed E-state index contributed by atoms with van der Waals surface area (Å²) in [6, 6.07) is 6.87. The largest absolute Gasteiger partial charge is 0.469 e. The Balaban J connectivity index is 1.94. The van der Waals surface area contributed by atoms with E-state index in [9.17, 15) is 4.39 Å². The van der Waals surface area contributed by atoms with Gasteiger partial charge in [0.2, 0.25) is 0 Å². The van der Waals surface area contributed by atoms with E-state index in [4.69, 9.17) is 27.6 Å². The van der Waals surface area contributed by atoms with Gasteiger partial charge in [-0.15, -0.1) is 0 Å². The first kappa shape index (κ1) is 16.3. The molecule has 0 radical (unpaired) electrons. The SMILES string of the molecule is CC(CCc1ccco1)NC(C)c1cc(F)c(Cl)cc1Cl. The van der Waals surface area contributed by atoms with Crippen LogP contribution in [0.5, 0.6) is 0 Å². The summed E-state index contributed by atoms with van der Waals surface area (Å²) in [6.45, 7) is 4.04. The minimum atomic E-state index is -0.451. The summed E-state index contributed by atoms with van der Waals surface area (Å²) in [5, 5.41) is 3.93. The molecule has 0 fully saturated rings. The Bertz CT molecular complexity index is 586. The zero-order valence-corrected chi connectivity index (χ0v) is 13.5. The lowest BCUT2D eigenvalue weighted by molar-refractivity contribution is 0.430. The maximum Gasteiger partial charge on any atom is 0.142 e. The zero-order chi connectivity index (χ0) is 15.4. The molecule has 1 N–H and O–H groups in total. The van der Waals surface area contributed by atoms with E-state index in [1.165, 1.54) is 12.1 Å². The zero-order valence-electron chi connectivity index (χ0n) is 12.0. The van der Waals surface area contributed by atoms with Gasteiger partial charge in [0, 0.05) is 23.5 Å². The Hall–Kier alpha value is -1.03. The van der Waals surface area contributed by atoms with Gasteiger partial charge in [-0.3, -0.25) is 0 Å². The summed E-state index contributed by atoms with van der Waals surface area (Å²) in [5.74, 6) is 0.514. The van der Waals surface area contributed by atoms with E-state index in [1.807, 2.05) is 19.1 Å². The van der Waals surface area contributed by atoms with Crippen LogP contribution >= 0.6 is 23.2 Å². The third kappa shape index (κ3) is 4.47. The van der Waals surface area contributed by atoms with Gasteiger partial charge in [0.25, 0.3) is 0 Å². The van der Waals surface area contributed by atoms with Crippen molar-refractivity contribution in [1.29, 1.82) is 0 Å². The van der Waals surface area contributed by atoms with Crippen molar-refractivity contribution in [3.05, 3.63) is 57.7 Å². The van der Waals surface area contributed by atoms with Crippen LogP contribution in [0.25, 0.3) is 0 Å². The molecule has 5 heteroatoms. The number of nitrogens with one attached hydrogen (secondary N) is 1. The average molecular weight is 330 g/mol. The summed E-state index contributed by atoms with van der Waals surface area (Å²) >= 11 is 11.8. The highest BCUT2D eigenvalue weighted by Gasteiger charge is 2.15. The second kappa shape index (κ2) is 7.30. The minimum Gasteiger partial charge on any atom is -0.469 e. The molecular formula is C16H18Cl2FNO. The number of rotatable bonds is 6. The van der Waals surface area contributed by atoms with Crippen LogP contribution in [0.15, 0.2) is 34.9 Å². The Kier molecular flexibility index (Phi) is 5.68. The van der Waals surface area contributed by atoms with Crippen molar-refractivity contribution in [1.82, 2.24) is 5.32 Å². The molecule has 0 amide bonds. The van der Waals surface area contributed by atoms with Crippen molar-refractivity contribution in [2.45, 2.75) is 38.8 Å². The third-order valence-corrected chi connectivity index (χ3v) is 4.06. The molecule has 0 bridgehead atoms. The predicted octanol–water partition coefficient (Wildman–Crippen LogP) is 5.40. The Morgan fingerprint density at radius 2 is 2.00 bits per heavy atom. The van der Waals surface area contributed by atoms with Gasteiger partial charge in [0.1, 0.15) is 11.6 Å². The summed E-state index contributed by atoms with van der Waals surface area (Å²) in [6.07, 6.45) is 3.45. The van der Waals surface area contributed by atoms with Crippen LogP contribution in [0.1, 0.15) is 37.6 Å². The minimum absolute atomic E-state index is 0.0433. The molecular weight excluding hydrogens is 312 g/mol. The number of hydrogen-bond acceptors (Lipinski definition) is 2. The van der Waals surface area contributed by atoms with Gasteiger partial charge in [-0.25, -0.2) is 4.39 Å². The van der Waals surface area contributed by atoms with Crippen LogP contribution in [0.2, 0.25) is 10.0 Å². The maximum atomic E-state index is 13.6. The van der Waals surface area contributed by atoms with Crippen LogP contribution in [0, 0.1) is 5.82 Å². The molecule has 0 aliphatic rings. The first-order chi connectivity index (χ1) is 9.97. The summed E-state index contributed by atoms with van der Waals surface area (Å²) < 4.78 is 18.9. The number of benzene rings is 1. The number of furan rings is 1. The quantitative estimate of drug-likeness (QED) is 0.718. The maximum absolute atomic E-state index is 13.6. The molecule has 0 saturated carbocycles. The molecule has 1 aromatic carbocycles. The monoisotopic (exact) mass is 329 g/mol. The molecule has 0 aliphatic carbocycles. The van der Waals surface area contributed by atoms with Crippen LogP contribution in [0.3, 0.4) is 0 Å². The third-order valence-electron chi connectivity index (χ3n) is 3.44. The van der Waals surface area contributed by atoms with Gasteiger partial charge in [-0.05, 0) is 50.1 Å². The molecule has 21 heavy (non-hydrogen) atoms. The van der Waals surface area contributed by atoms with Crippen LogP contribution in [-0.4, -0.2) is 6.04 Å². The fourth-order valence-electron chi connectivity index (χ4n) is 2.28. The van der Waals surface area contributed by atoms with Crippen molar-refractivity contribution in [3.8, 4) is 0 Å². The average Bonchev–Trinajstić information content (AvgIpc) is 2.93. The molecule has 2 unspecified atom stereocenters. The highest BCUT2D eigenvalue weighted by atomic mass is 35.5. The van der Waals surface area contributed by atoms with E-state index in [-0.39, 0.29) is 17.1 Å². The van der Waals surface area contributed by atoms with Gasteiger partial charge in [-0.2, -0.15) is 0 Å².